The molecule has 2 unspecified atom stereocenters. The summed E-state index contributed by atoms with van der Waals surface area (Å²) in [5.41, 5.74) is 1.16. The molecule has 1 aliphatic carbocycles. The predicted octanol–water partition coefficient (Wildman–Crippen LogP) is 2.96. The Kier molecular flexibility index (Phi) is 4.93. The van der Waals surface area contributed by atoms with Crippen LogP contribution < -0.4 is 14.8 Å². The maximum absolute atomic E-state index is 6.13. The van der Waals surface area contributed by atoms with Crippen molar-refractivity contribution in [1.82, 2.24) is 14.9 Å². The molecule has 0 spiro atoms. The SMILES string of the molecule is CNc1ncc(CN2C3CCC(C3)[C@@H]2COc2cccc(OC)c2)cn1. The van der Waals surface area contributed by atoms with Crippen molar-refractivity contribution < 1.29 is 9.47 Å². The number of piperidine rings is 1. The van der Waals surface area contributed by atoms with Gasteiger partial charge in [-0.3, -0.25) is 4.90 Å². The highest BCUT2D eigenvalue weighted by molar-refractivity contribution is 5.33. The lowest BCUT2D eigenvalue weighted by Crippen LogP contribution is -2.43. The zero-order valence-corrected chi connectivity index (χ0v) is 15.4. The van der Waals surface area contributed by atoms with E-state index < -0.39 is 0 Å². The summed E-state index contributed by atoms with van der Waals surface area (Å²) < 4.78 is 11.4. The number of hydrogen-bond donors (Lipinski definition) is 1. The van der Waals surface area contributed by atoms with Crippen molar-refractivity contribution >= 4 is 5.95 Å². The van der Waals surface area contributed by atoms with E-state index in [1.54, 1.807) is 7.11 Å². The molecule has 2 heterocycles. The smallest absolute Gasteiger partial charge is 0.222 e. The van der Waals surface area contributed by atoms with Crippen molar-refractivity contribution in [1.29, 1.82) is 0 Å². The van der Waals surface area contributed by atoms with E-state index in [4.69, 9.17) is 9.47 Å². The van der Waals surface area contributed by atoms with Crippen LogP contribution in [0.5, 0.6) is 11.5 Å². The Bertz CT molecular complexity index is 737. The van der Waals surface area contributed by atoms with E-state index >= 15 is 0 Å². The second-order valence-corrected chi connectivity index (χ2v) is 7.12. The summed E-state index contributed by atoms with van der Waals surface area (Å²) in [6.45, 7) is 1.60. The van der Waals surface area contributed by atoms with E-state index in [9.17, 15) is 0 Å². The summed E-state index contributed by atoms with van der Waals surface area (Å²) in [5.74, 6) is 3.08. The van der Waals surface area contributed by atoms with Crippen LogP contribution in [-0.4, -0.2) is 47.7 Å². The van der Waals surface area contributed by atoms with Crippen molar-refractivity contribution in [3.63, 3.8) is 0 Å². The van der Waals surface area contributed by atoms with Crippen LogP contribution in [0.4, 0.5) is 5.95 Å². The first-order chi connectivity index (χ1) is 12.8. The third-order valence-corrected chi connectivity index (χ3v) is 5.64. The first-order valence-electron chi connectivity index (χ1n) is 9.28. The second kappa shape index (κ2) is 7.50. The van der Waals surface area contributed by atoms with Crippen molar-refractivity contribution in [3.05, 3.63) is 42.2 Å². The minimum atomic E-state index is 0.448. The van der Waals surface area contributed by atoms with Gasteiger partial charge in [0.1, 0.15) is 18.1 Å². The number of aromatic nitrogens is 2. The van der Waals surface area contributed by atoms with Gasteiger partial charge in [-0.15, -0.1) is 0 Å². The van der Waals surface area contributed by atoms with Gasteiger partial charge in [0.2, 0.25) is 5.95 Å². The van der Waals surface area contributed by atoms with Gasteiger partial charge in [0, 0.05) is 49.7 Å². The standard InChI is InChI=1S/C20H26N4O2/c1-21-20-22-10-14(11-23-20)12-24-16-7-6-15(8-16)19(24)13-26-18-5-3-4-17(9-18)25-2/h3-5,9-11,15-16,19H,6-8,12-13H2,1-2H3,(H,21,22,23)/t15?,16?,19-/m0/s1. The highest BCUT2D eigenvalue weighted by Gasteiger charge is 2.45. The van der Waals surface area contributed by atoms with Gasteiger partial charge in [0.25, 0.3) is 0 Å². The summed E-state index contributed by atoms with van der Waals surface area (Å²) in [6.07, 6.45) is 7.72. The fraction of sp³-hybridized carbons (Fsp3) is 0.500. The van der Waals surface area contributed by atoms with Crippen molar-refractivity contribution in [2.24, 2.45) is 5.92 Å². The quantitative estimate of drug-likeness (QED) is 0.825. The van der Waals surface area contributed by atoms with E-state index in [1.165, 1.54) is 19.3 Å². The Balaban J connectivity index is 1.43. The Morgan fingerprint density at radius 1 is 1.19 bits per heavy atom. The second-order valence-electron chi connectivity index (χ2n) is 7.12. The zero-order valence-electron chi connectivity index (χ0n) is 15.4. The highest BCUT2D eigenvalue weighted by atomic mass is 16.5. The zero-order chi connectivity index (χ0) is 17.9. The summed E-state index contributed by atoms with van der Waals surface area (Å²) in [7, 11) is 3.51. The Labute approximate surface area is 154 Å². The number of nitrogens with zero attached hydrogens (tertiary/aromatic N) is 3. The molecule has 2 aliphatic rings. The number of benzene rings is 1. The molecule has 1 aliphatic heterocycles. The number of anilines is 1. The van der Waals surface area contributed by atoms with Crippen LogP contribution in [0.15, 0.2) is 36.7 Å². The lowest BCUT2D eigenvalue weighted by molar-refractivity contribution is 0.0865. The van der Waals surface area contributed by atoms with Crippen LogP contribution in [0.2, 0.25) is 0 Å². The fourth-order valence-electron chi connectivity index (χ4n) is 4.31. The van der Waals surface area contributed by atoms with Crippen LogP contribution in [-0.2, 0) is 6.54 Å². The Morgan fingerprint density at radius 3 is 2.77 bits per heavy atom. The monoisotopic (exact) mass is 354 g/mol. The molecular weight excluding hydrogens is 328 g/mol. The molecule has 1 aromatic heterocycles. The molecule has 0 amide bonds. The lowest BCUT2D eigenvalue weighted by atomic mass is 9.99. The molecule has 4 rings (SSSR count). The van der Waals surface area contributed by atoms with E-state index in [0.29, 0.717) is 24.6 Å². The topological polar surface area (TPSA) is 59.5 Å². The first-order valence-corrected chi connectivity index (χ1v) is 9.28. The average molecular weight is 354 g/mol. The summed E-state index contributed by atoms with van der Waals surface area (Å²) in [4.78, 5) is 11.3. The van der Waals surface area contributed by atoms with E-state index in [0.717, 1.165) is 29.5 Å². The molecule has 26 heavy (non-hydrogen) atoms. The van der Waals surface area contributed by atoms with Crippen LogP contribution in [0.3, 0.4) is 0 Å². The van der Waals surface area contributed by atoms with Gasteiger partial charge in [-0.2, -0.15) is 0 Å². The van der Waals surface area contributed by atoms with Gasteiger partial charge >= 0.3 is 0 Å². The van der Waals surface area contributed by atoms with Crippen molar-refractivity contribution in [3.8, 4) is 11.5 Å². The first kappa shape index (κ1) is 17.1. The van der Waals surface area contributed by atoms with Gasteiger partial charge in [-0.05, 0) is 37.3 Å². The number of fused-ring (bicyclic) bond motifs is 2. The number of rotatable bonds is 7. The molecule has 1 N–H and O–H groups in total. The summed E-state index contributed by atoms with van der Waals surface area (Å²) in [5, 5.41) is 2.97. The molecule has 1 aromatic carbocycles. The molecule has 2 fully saturated rings. The normalized spacial score (nSPS) is 24.6. The molecule has 0 radical (unpaired) electrons. The van der Waals surface area contributed by atoms with Crippen LogP contribution in [0.25, 0.3) is 0 Å². The number of likely N-dealkylation sites (tertiary alicyclic amines) is 1. The predicted molar refractivity (Wildman–Crippen MR) is 101 cm³/mol. The van der Waals surface area contributed by atoms with Gasteiger partial charge in [0.05, 0.1) is 7.11 Å². The molecule has 6 nitrogen and oxygen atoms in total. The third-order valence-electron chi connectivity index (χ3n) is 5.64. The average Bonchev–Trinajstić information content (AvgIpc) is 3.29. The number of hydrogen-bond acceptors (Lipinski definition) is 6. The maximum Gasteiger partial charge on any atom is 0.222 e. The van der Waals surface area contributed by atoms with Crippen LogP contribution >= 0.6 is 0 Å². The number of nitrogens with one attached hydrogen (secondary N) is 1. The molecule has 1 saturated carbocycles. The molecular formula is C20H26N4O2. The summed E-state index contributed by atoms with van der Waals surface area (Å²) >= 11 is 0. The molecule has 138 valence electrons. The van der Waals surface area contributed by atoms with E-state index in [2.05, 4.69) is 20.2 Å². The summed E-state index contributed by atoms with van der Waals surface area (Å²) in [6, 6.07) is 8.94. The van der Waals surface area contributed by atoms with Gasteiger partial charge in [0.15, 0.2) is 0 Å². The highest BCUT2D eigenvalue weighted by Crippen LogP contribution is 2.43. The molecule has 2 bridgehead atoms. The van der Waals surface area contributed by atoms with Gasteiger partial charge in [-0.25, -0.2) is 9.97 Å². The molecule has 1 saturated heterocycles. The number of ether oxygens (including phenoxy) is 2. The van der Waals surface area contributed by atoms with E-state index in [-0.39, 0.29) is 0 Å². The maximum atomic E-state index is 6.13. The van der Waals surface area contributed by atoms with Crippen LogP contribution in [0, 0.1) is 5.92 Å². The molecule has 6 heteroatoms. The largest absolute Gasteiger partial charge is 0.497 e. The molecule has 2 aromatic rings. The van der Waals surface area contributed by atoms with Crippen molar-refractivity contribution in [2.45, 2.75) is 37.9 Å². The minimum absolute atomic E-state index is 0.448. The van der Waals surface area contributed by atoms with Gasteiger partial charge < -0.3 is 14.8 Å². The minimum Gasteiger partial charge on any atom is -0.497 e. The number of methoxy groups -OCH3 is 1. The van der Waals surface area contributed by atoms with E-state index in [1.807, 2.05) is 43.7 Å². The van der Waals surface area contributed by atoms with Crippen molar-refractivity contribution in [2.75, 3.05) is 26.1 Å². The third kappa shape index (κ3) is 3.46. The Hall–Kier alpha value is -2.34. The fourth-order valence-corrected chi connectivity index (χ4v) is 4.31. The van der Waals surface area contributed by atoms with Gasteiger partial charge in [-0.1, -0.05) is 6.07 Å². The lowest BCUT2D eigenvalue weighted by Gasteiger charge is -2.35. The molecule has 3 atom stereocenters. The van der Waals surface area contributed by atoms with Crippen LogP contribution in [0.1, 0.15) is 24.8 Å². The Morgan fingerprint density at radius 2 is 2.00 bits per heavy atom.